The third-order valence-corrected chi connectivity index (χ3v) is 7.36. The molecule has 0 unspecified atom stereocenters. The molecule has 0 amide bonds. The molecule has 1 aliphatic carbocycles. The number of carbonyl (C=O) groups excluding carboxylic acids is 1. The molecule has 2 aromatic carbocycles. The van der Waals surface area contributed by atoms with Gasteiger partial charge in [0.05, 0.1) is 31.2 Å². The maximum absolute atomic E-state index is 13.4. The Labute approximate surface area is 250 Å². The van der Waals surface area contributed by atoms with Crippen molar-refractivity contribution in [3.63, 3.8) is 0 Å². The summed E-state index contributed by atoms with van der Waals surface area (Å²) >= 11 is 12.6. The number of nitrogens with one attached hydrogen (secondary N) is 1. The minimum atomic E-state index is -3.68. The van der Waals surface area contributed by atoms with Crippen LogP contribution >= 0.6 is 23.2 Å². The monoisotopic (exact) mass is 646 g/mol. The summed E-state index contributed by atoms with van der Waals surface area (Å²) in [5, 5.41) is 11.8. The zero-order valence-electron chi connectivity index (χ0n) is 22.3. The molecule has 0 saturated heterocycles. The zero-order valence-corrected chi connectivity index (χ0v) is 24.6. The molecule has 0 radical (unpaired) electrons. The van der Waals surface area contributed by atoms with Gasteiger partial charge >= 0.3 is 12.6 Å². The van der Waals surface area contributed by atoms with Crippen molar-refractivity contribution in [3.8, 4) is 17.2 Å². The van der Waals surface area contributed by atoms with Crippen molar-refractivity contribution in [2.75, 3.05) is 24.7 Å². The van der Waals surface area contributed by atoms with Gasteiger partial charge in [-0.1, -0.05) is 29.3 Å². The largest absolute Gasteiger partial charge is 0.619 e. The Bertz CT molecular complexity index is 1550. The number of benzene rings is 2. The van der Waals surface area contributed by atoms with Crippen LogP contribution in [0, 0.1) is 11.1 Å². The molecule has 1 N–H and O–H groups in total. The highest BCUT2D eigenvalue weighted by atomic mass is 35.5. The first-order chi connectivity index (χ1) is 19.8. The summed E-state index contributed by atoms with van der Waals surface area (Å²) in [6.07, 6.45) is 3.76. The van der Waals surface area contributed by atoms with Crippen molar-refractivity contribution >= 4 is 44.9 Å². The number of hydrogen-bond acceptors (Lipinski definition) is 8. The fraction of sp³-hybridized carbons (Fsp3) is 0.333. The van der Waals surface area contributed by atoms with E-state index in [9.17, 15) is 27.2 Å². The Hall–Kier alpha value is -3.55. The van der Waals surface area contributed by atoms with Gasteiger partial charge < -0.3 is 24.2 Å². The van der Waals surface area contributed by atoms with Gasteiger partial charge in [-0.2, -0.15) is 13.5 Å². The minimum absolute atomic E-state index is 0.00225. The van der Waals surface area contributed by atoms with Crippen LogP contribution in [0.1, 0.15) is 40.4 Å². The van der Waals surface area contributed by atoms with Gasteiger partial charge in [-0.05, 0) is 48.6 Å². The van der Waals surface area contributed by atoms with Gasteiger partial charge in [0.15, 0.2) is 23.9 Å². The number of nitrogens with zero attached hydrogens (tertiary/aromatic N) is 1. The topological polar surface area (TPSA) is 127 Å². The van der Waals surface area contributed by atoms with Crippen molar-refractivity contribution in [1.82, 2.24) is 0 Å². The molecule has 1 fully saturated rings. The van der Waals surface area contributed by atoms with E-state index in [0.717, 1.165) is 31.5 Å². The molecular weight excluding hydrogens is 621 g/mol. The summed E-state index contributed by atoms with van der Waals surface area (Å²) in [7, 11) is -2.34. The molecule has 10 nitrogen and oxygen atoms in total. The third kappa shape index (κ3) is 8.73. The van der Waals surface area contributed by atoms with Crippen LogP contribution in [0.25, 0.3) is 0 Å². The van der Waals surface area contributed by atoms with E-state index < -0.39 is 28.7 Å². The molecule has 1 atom stereocenters. The summed E-state index contributed by atoms with van der Waals surface area (Å²) in [6, 6.07) is 8.08. The highest BCUT2D eigenvalue weighted by Crippen LogP contribution is 2.38. The smallest absolute Gasteiger partial charge is 0.387 e. The predicted octanol–water partition coefficient (Wildman–Crippen LogP) is 5.54. The summed E-state index contributed by atoms with van der Waals surface area (Å²) in [5.41, 5.74) is 0.593. The lowest BCUT2D eigenvalue weighted by Gasteiger charge is -2.22. The maximum Gasteiger partial charge on any atom is 0.387 e. The second-order valence-corrected chi connectivity index (χ2v) is 12.1. The molecule has 0 spiro atoms. The van der Waals surface area contributed by atoms with Crippen LogP contribution < -0.4 is 23.7 Å². The highest BCUT2D eigenvalue weighted by Gasteiger charge is 2.27. The molecular formula is C27H26Cl2F2N2O8S. The number of anilines is 1. The number of carbonyl (C=O) groups is 1. The van der Waals surface area contributed by atoms with Crippen LogP contribution in [0.5, 0.6) is 17.2 Å². The molecule has 1 aliphatic rings. The first kappa shape index (κ1) is 31.4. The van der Waals surface area contributed by atoms with E-state index in [-0.39, 0.29) is 57.1 Å². The van der Waals surface area contributed by atoms with Crippen LogP contribution in [-0.4, -0.2) is 41.0 Å². The molecule has 1 aromatic heterocycles. The van der Waals surface area contributed by atoms with Crippen molar-refractivity contribution in [1.29, 1.82) is 0 Å². The second-order valence-electron chi connectivity index (χ2n) is 9.55. The molecule has 0 aliphatic heterocycles. The molecule has 226 valence electrons. The van der Waals surface area contributed by atoms with Crippen LogP contribution in [0.3, 0.4) is 0 Å². The summed E-state index contributed by atoms with van der Waals surface area (Å²) < 4.78 is 73.8. The lowest BCUT2D eigenvalue weighted by atomic mass is 10.0. The molecule has 1 heterocycles. The summed E-state index contributed by atoms with van der Waals surface area (Å²) in [5.74, 6) is -0.599. The van der Waals surface area contributed by atoms with E-state index in [1.54, 1.807) is 0 Å². The Morgan fingerprint density at radius 1 is 1.12 bits per heavy atom. The number of aromatic nitrogens is 1. The lowest BCUT2D eigenvalue weighted by Crippen LogP contribution is -2.25. The van der Waals surface area contributed by atoms with Crippen molar-refractivity contribution < 1.29 is 45.7 Å². The van der Waals surface area contributed by atoms with Crippen molar-refractivity contribution in [2.24, 2.45) is 5.92 Å². The van der Waals surface area contributed by atoms with Crippen molar-refractivity contribution in [2.45, 2.75) is 32.0 Å². The Kier molecular flexibility index (Phi) is 9.85. The SMILES string of the molecule is COc1cc(NS(C)(=O)=O)cc(C(=O)O[C@@H](Cc2c(Cl)c[n+]([O-])cc2Cl)c2ccc(OC(F)F)c(OCC3CC3)c2)c1. The Balaban J connectivity index is 1.73. The summed E-state index contributed by atoms with van der Waals surface area (Å²) in [6.45, 7) is -2.82. The van der Waals surface area contributed by atoms with Gasteiger partial charge in [0, 0.05) is 18.1 Å². The third-order valence-electron chi connectivity index (χ3n) is 6.10. The standard InChI is InChI=1S/C27H26Cl2F2N2O8S/c1-38-19-8-17(7-18(10-19)32-42(2,36)37)26(34)40-24(11-20-21(28)12-33(35)13-22(20)29)16-5-6-23(41-27(30)31)25(9-16)39-14-15-3-4-15/h5-10,12-13,15,24,27,32H,3-4,11,14H2,1-2H3/t24-/m0/s1. The minimum Gasteiger partial charge on any atom is -0.619 e. The van der Waals surface area contributed by atoms with E-state index in [1.807, 2.05) is 0 Å². The van der Waals surface area contributed by atoms with E-state index >= 15 is 0 Å². The van der Waals surface area contributed by atoms with E-state index in [0.29, 0.717) is 16.2 Å². The number of alkyl halides is 2. The Morgan fingerprint density at radius 2 is 1.81 bits per heavy atom. The average molecular weight is 647 g/mol. The van der Waals surface area contributed by atoms with E-state index in [4.69, 9.17) is 37.4 Å². The summed E-state index contributed by atoms with van der Waals surface area (Å²) in [4.78, 5) is 13.4. The van der Waals surface area contributed by atoms with Gasteiger partial charge in [0.2, 0.25) is 10.0 Å². The van der Waals surface area contributed by atoms with Crippen LogP contribution in [0.2, 0.25) is 10.0 Å². The molecule has 0 bridgehead atoms. The van der Waals surface area contributed by atoms with Gasteiger partial charge in [-0.3, -0.25) is 4.72 Å². The van der Waals surface area contributed by atoms with Crippen LogP contribution in [-0.2, 0) is 21.2 Å². The molecule has 42 heavy (non-hydrogen) atoms. The number of esters is 1. The van der Waals surface area contributed by atoms with Gasteiger partial charge in [-0.25, -0.2) is 13.2 Å². The number of pyridine rings is 1. The predicted molar refractivity (Wildman–Crippen MR) is 150 cm³/mol. The highest BCUT2D eigenvalue weighted by molar-refractivity contribution is 7.92. The molecule has 15 heteroatoms. The molecule has 4 rings (SSSR count). The molecule has 1 saturated carbocycles. The van der Waals surface area contributed by atoms with E-state index in [2.05, 4.69) is 9.46 Å². The number of rotatable bonds is 13. The second kappa shape index (κ2) is 13.2. The normalized spacial score (nSPS) is 13.9. The zero-order chi connectivity index (χ0) is 30.6. The first-order valence-corrected chi connectivity index (χ1v) is 15.1. The van der Waals surface area contributed by atoms with E-state index in [1.165, 1.54) is 43.5 Å². The number of hydrogen-bond donors (Lipinski definition) is 1. The molecule has 3 aromatic rings. The number of sulfonamides is 1. The number of ether oxygens (including phenoxy) is 4. The number of methoxy groups -OCH3 is 1. The maximum atomic E-state index is 13.4. The van der Waals surface area contributed by atoms with Gasteiger partial charge in [-0.15, -0.1) is 0 Å². The lowest BCUT2D eigenvalue weighted by molar-refractivity contribution is -0.605. The first-order valence-electron chi connectivity index (χ1n) is 12.5. The Morgan fingerprint density at radius 3 is 2.40 bits per heavy atom. The fourth-order valence-corrected chi connectivity index (χ4v) is 5.11. The van der Waals surface area contributed by atoms with Crippen LogP contribution in [0.15, 0.2) is 48.8 Å². The van der Waals surface area contributed by atoms with Gasteiger partial charge in [0.25, 0.3) is 0 Å². The van der Waals surface area contributed by atoms with Crippen LogP contribution in [0.4, 0.5) is 14.5 Å². The average Bonchev–Trinajstić information content (AvgIpc) is 3.72. The quantitative estimate of drug-likeness (QED) is 0.146. The number of halogens is 4. The fourth-order valence-electron chi connectivity index (χ4n) is 3.97. The van der Waals surface area contributed by atoms with Crippen molar-refractivity contribution in [3.05, 3.63) is 80.7 Å². The van der Waals surface area contributed by atoms with Gasteiger partial charge in [0.1, 0.15) is 21.9 Å².